The fourth-order valence-electron chi connectivity index (χ4n) is 2.87. The molecule has 10 heteroatoms. The Kier molecular flexibility index (Phi) is 11.5. The van der Waals surface area contributed by atoms with Crippen LogP contribution in [0.2, 0.25) is 0 Å². The maximum absolute atomic E-state index is 12.8. The highest BCUT2D eigenvalue weighted by Gasteiger charge is 2.25. The molecule has 1 unspecified atom stereocenters. The minimum absolute atomic E-state index is 0.0877. The van der Waals surface area contributed by atoms with Crippen molar-refractivity contribution in [2.24, 2.45) is 0 Å². The summed E-state index contributed by atoms with van der Waals surface area (Å²) in [6.45, 7) is 10.7. The summed E-state index contributed by atoms with van der Waals surface area (Å²) in [6.07, 6.45) is 0.537. The quantitative estimate of drug-likeness (QED) is 0.236. The number of carbonyl (C=O) groups is 4. The Labute approximate surface area is 206 Å². The molecule has 1 aromatic carbocycles. The zero-order chi connectivity index (χ0) is 26.6. The second kappa shape index (κ2) is 13.6. The van der Waals surface area contributed by atoms with Crippen molar-refractivity contribution >= 4 is 24.1 Å². The number of alkyl carbamates (subject to hydrolysis) is 1. The van der Waals surface area contributed by atoms with Crippen molar-refractivity contribution in [1.29, 1.82) is 0 Å². The number of aliphatic carboxylic acids is 1. The normalized spacial score (nSPS) is 12.3. The van der Waals surface area contributed by atoms with E-state index in [0.717, 1.165) is 5.56 Å². The van der Waals surface area contributed by atoms with E-state index in [9.17, 15) is 19.2 Å². The topological polar surface area (TPSA) is 140 Å². The third-order valence-corrected chi connectivity index (χ3v) is 4.33. The van der Waals surface area contributed by atoms with Gasteiger partial charge in [-0.25, -0.2) is 9.59 Å². The molecule has 35 heavy (non-hydrogen) atoms. The lowest BCUT2D eigenvalue weighted by Crippen LogP contribution is -2.49. The molecule has 1 atom stereocenters. The van der Waals surface area contributed by atoms with Crippen LogP contribution in [0.15, 0.2) is 24.3 Å². The maximum Gasteiger partial charge on any atom is 0.514 e. The number of carbonyl (C=O) groups excluding carboxylic acids is 3. The Morgan fingerprint density at radius 1 is 0.886 bits per heavy atom. The van der Waals surface area contributed by atoms with Crippen LogP contribution in [0.25, 0.3) is 0 Å². The molecule has 2 amide bonds. The van der Waals surface area contributed by atoms with Crippen molar-refractivity contribution in [3.8, 4) is 5.75 Å². The molecule has 3 N–H and O–H groups in total. The number of nitrogens with one attached hydrogen (secondary N) is 2. The average Bonchev–Trinajstić information content (AvgIpc) is 2.68. The summed E-state index contributed by atoms with van der Waals surface area (Å²) in [7, 11) is 0. The van der Waals surface area contributed by atoms with Gasteiger partial charge in [0.25, 0.3) is 0 Å². The summed E-state index contributed by atoms with van der Waals surface area (Å²) in [5, 5.41) is 14.1. The van der Waals surface area contributed by atoms with Gasteiger partial charge in [-0.05, 0) is 72.1 Å². The Morgan fingerprint density at radius 3 is 2.03 bits per heavy atom. The van der Waals surface area contributed by atoms with Crippen LogP contribution in [-0.4, -0.2) is 53.0 Å². The van der Waals surface area contributed by atoms with Crippen LogP contribution in [0.4, 0.5) is 9.59 Å². The summed E-state index contributed by atoms with van der Waals surface area (Å²) < 4.78 is 15.6. The van der Waals surface area contributed by atoms with Crippen LogP contribution in [-0.2, 0) is 25.5 Å². The van der Waals surface area contributed by atoms with Crippen molar-refractivity contribution < 1.29 is 38.5 Å². The molecule has 196 valence electrons. The van der Waals surface area contributed by atoms with Crippen LogP contribution in [0, 0.1) is 0 Å². The van der Waals surface area contributed by atoms with Crippen molar-refractivity contribution in [3.63, 3.8) is 0 Å². The zero-order valence-corrected chi connectivity index (χ0v) is 21.4. The number of hydrogen-bond donors (Lipinski definition) is 3. The largest absolute Gasteiger partial charge is 0.514 e. The van der Waals surface area contributed by atoms with Gasteiger partial charge in [-0.3, -0.25) is 9.59 Å². The summed E-state index contributed by atoms with van der Waals surface area (Å²) in [5.41, 5.74) is -0.684. The van der Waals surface area contributed by atoms with Gasteiger partial charge in [0.05, 0.1) is 0 Å². The predicted octanol–water partition coefficient (Wildman–Crippen LogP) is 4.20. The highest BCUT2D eigenvalue weighted by Crippen LogP contribution is 2.17. The number of carboxylic acid groups (broad SMARTS) is 1. The van der Waals surface area contributed by atoms with Crippen molar-refractivity contribution in [2.75, 3.05) is 6.54 Å². The molecule has 0 aliphatic rings. The molecule has 1 aromatic rings. The standard InChI is InChI=1S/C25H38N2O8/c1-24(2,3)34-22(31)27-19(21(30)26-15-9-7-8-10-20(28)29)16-17-11-13-18(14-12-17)33-23(32)35-25(4,5)6/h11-14,19H,7-10,15-16H2,1-6H3,(H,26,30)(H,27,31)(H,28,29). The van der Waals surface area contributed by atoms with Gasteiger partial charge in [0.15, 0.2) is 0 Å². The molecule has 0 radical (unpaired) electrons. The SMILES string of the molecule is CC(C)(C)OC(=O)NC(Cc1ccc(OC(=O)OC(C)(C)C)cc1)C(=O)NCCCCCC(=O)O. The van der Waals surface area contributed by atoms with Crippen LogP contribution in [0.1, 0.15) is 72.8 Å². The molecular formula is C25H38N2O8. The smallest absolute Gasteiger partial charge is 0.481 e. The Morgan fingerprint density at radius 2 is 1.49 bits per heavy atom. The minimum Gasteiger partial charge on any atom is -0.481 e. The third-order valence-electron chi connectivity index (χ3n) is 4.33. The number of rotatable bonds is 11. The van der Waals surface area contributed by atoms with Gasteiger partial charge in [-0.15, -0.1) is 0 Å². The van der Waals surface area contributed by atoms with E-state index in [2.05, 4.69) is 10.6 Å². The number of unbranched alkanes of at least 4 members (excludes halogenated alkanes) is 2. The average molecular weight is 495 g/mol. The lowest BCUT2D eigenvalue weighted by atomic mass is 10.0. The highest BCUT2D eigenvalue weighted by atomic mass is 16.7. The molecule has 0 aliphatic heterocycles. The van der Waals surface area contributed by atoms with E-state index in [-0.39, 0.29) is 24.5 Å². The van der Waals surface area contributed by atoms with Gasteiger partial charge in [0, 0.05) is 19.4 Å². The molecule has 0 saturated heterocycles. The minimum atomic E-state index is -0.901. The van der Waals surface area contributed by atoms with Crippen LogP contribution >= 0.6 is 0 Å². The highest BCUT2D eigenvalue weighted by molar-refractivity contribution is 5.86. The first-order valence-electron chi connectivity index (χ1n) is 11.6. The fraction of sp³-hybridized carbons (Fsp3) is 0.600. The number of ether oxygens (including phenoxy) is 3. The maximum atomic E-state index is 12.8. The molecule has 0 fully saturated rings. The zero-order valence-electron chi connectivity index (χ0n) is 21.4. The summed E-state index contributed by atoms with van der Waals surface area (Å²) in [4.78, 5) is 47.5. The molecule has 0 saturated carbocycles. The van der Waals surface area contributed by atoms with E-state index >= 15 is 0 Å². The molecule has 0 bridgehead atoms. The molecule has 10 nitrogen and oxygen atoms in total. The van der Waals surface area contributed by atoms with Crippen LogP contribution in [0.3, 0.4) is 0 Å². The van der Waals surface area contributed by atoms with E-state index in [4.69, 9.17) is 19.3 Å². The van der Waals surface area contributed by atoms with E-state index < -0.39 is 35.5 Å². The molecule has 0 aliphatic carbocycles. The Bertz CT molecular complexity index is 854. The van der Waals surface area contributed by atoms with E-state index in [1.54, 1.807) is 65.8 Å². The molecular weight excluding hydrogens is 456 g/mol. The summed E-state index contributed by atoms with van der Waals surface area (Å²) in [6, 6.07) is 5.61. The number of carboxylic acids is 1. The van der Waals surface area contributed by atoms with Crippen LogP contribution < -0.4 is 15.4 Å². The molecule has 0 spiro atoms. The van der Waals surface area contributed by atoms with Crippen molar-refractivity contribution in [2.45, 2.75) is 90.9 Å². The van der Waals surface area contributed by atoms with E-state index in [1.807, 2.05) is 0 Å². The van der Waals surface area contributed by atoms with Crippen LogP contribution in [0.5, 0.6) is 5.75 Å². The first kappa shape index (κ1) is 29.7. The molecule has 1 rings (SSSR count). The van der Waals surface area contributed by atoms with Gasteiger partial charge < -0.3 is 30.0 Å². The second-order valence-electron chi connectivity index (χ2n) is 10.1. The third kappa shape index (κ3) is 14.5. The molecule has 0 heterocycles. The number of hydrogen-bond acceptors (Lipinski definition) is 7. The van der Waals surface area contributed by atoms with E-state index in [1.165, 1.54) is 0 Å². The monoisotopic (exact) mass is 494 g/mol. The lowest BCUT2D eigenvalue weighted by Gasteiger charge is -2.23. The predicted molar refractivity (Wildman–Crippen MR) is 129 cm³/mol. The summed E-state index contributed by atoms with van der Waals surface area (Å²) in [5.74, 6) is -0.952. The van der Waals surface area contributed by atoms with E-state index in [0.29, 0.717) is 25.8 Å². The Hall–Kier alpha value is -3.30. The van der Waals surface area contributed by atoms with Gasteiger partial charge in [0.1, 0.15) is 23.0 Å². The molecule has 0 aromatic heterocycles. The fourth-order valence-corrected chi connectivity index (χ4v) is 2.87. The van der Waals surface area contributed by atoms with Crippen molar-refractivity contribution in [1.82, 2.24) is 10.6 Å². The lowest BCUT2D eigenvalue weighted by molar-refractivity contribution is -0.137. The first-order chi connectivity index (χ1) is 16.1. The van der Waals surface area contributed by atoms with Gasteiger partial charge in [0.2, 0.25) is 5.91 Å². The number of amides is 2. The van der Waals surface area contributed by atoms with Gasteiger partial charge >= 0.3 is 18.2 Å². The second-order valence-corrected chi connectivity index (χ2v) is 10.1. The van der Waals surface area contributed by atoms with Crippen molar-refractivity contribution in [3.05, 3.63) is 29.8 Å². The van der Waals surface area contributed by atoms with Gasteiger partial charge in [-0.1, -0.05) is 18.6 Å². The summed E-state index contributed by atoms with van der Waals surface area (Å²) >= 11 is 0. The first-order valence-corrected chi connectivity index (χ1v) is 11.6. The number of benzene rings is 1. The van der Waals surface area contributed by atoms with Gasteiger partial charge in [-0.2, -0.15) is 0 Å². The Balaban J connectivity index is 2.76.